The van der Waals surface area contributed by atoms with Crippen molar-refractivity contribution < 1.29 is 18.0 Å². The highest BCUT2D eigenvalue weighted by molar-refractivity contribution is 7.91. The molecule has 2 amide bonds. The van der Waals surface area contributed by atoms with E-state index in [4.69, 9.17) is 0 Å². The lowest BCUT2D eigenvalue weighted by molar-refractivity contribution is 0.101. The second-order valence-corrected chi connectivity index (χ2v) is 10.1. The summed E-state index contributed by atoms with van der Waals surface area (Å²) in [5, 5.41) is 5.53. The van der Waals surface area contributed by atoms with Crippen LogP contribution in [0.25, 0.3) is 0 Å². The van der Waals surface area contributed by atoms with E-state index in [2.05, 4.69) is 10.6 Å². The molecule has 0 radical (unpaired) electrons. The number of rotatable bonds is 6. The van der Waals surface area contributed by atoms with E-state index in [9.17, 15) is 18.0 Å². The maximum atomic E-state index is 13.0. The highest BCUT2D eigenvalue weighted by atomic mass is 32.2. The summed E-state index contributed by atoms with van der Waals surface area (Å²) in [7, 11) is -3.77. The molecule has 0 spiro atoms. The minimum Gasteiger partial charge on any atom is -0.322 e. The first-order valence-electron chi connectivity index (χ1n) is 10.9. The average molecular weight is 485 g/mol. The first-order valence-corrected chi connectivity index (χ1v) is 12.4. The van der Waals surface area contributed by atoms with Gasteiger partial charge in [0.1, 0.15) is 0 Å². The van der Waals surface area contributed by atoms with Crippen molar-refractivity contribution in [2.45, 2.75) is 23.6 Å². The second kappa shape index (κ2) is 9.95. The van der Waals surface area contributed by atoms with Crippen LogP contribution in [-0.4, -0.2) is 20.2 Å². The van der Waals surface area contributed by atoms with E-state index >= 15 is 0 Å². The Morgan fingerprint density at radius 1 is 0.514 bits per heavy atom. The zero-order valence-electron chi connectivity index (χ0n) is 19.3. The van der Waals surface area contributed by atoms with Gasteiger partial charge in [-0.25, -0.2) is 8.42 Å². The topological polar surface area (TPSA) is 92.3 Å². The molecule has 0 saturated carbocycles. The molecule has 0 heterocycles. The summed E-state index contributed by atoms with van der Waals surface area (Å²) >= 11 is 0. The van der Waals surface area contributed by atoms with Gasteiger partial charge < -0.3 is 10.6 Å². The molecular weight excluding hydrogens is 460 g/mol. The van der Waals surface area contributed by atoms with Crippen LogP contribution in [0, 0.1) is 13.8 Å². The maximum absolute atomic E-state index is 13.0. The highest BCUT2D eigenvalue weighted by Gasteiger charge is 2.18. The predicted molar refractivity (Wildman–Crippen MR) is 137 cm³/mol. The summed E-state index contributed by atoms with van der Waals surface area (Å²) < 4.78 is 26.1. The summed E-state index contributed by atoms with van der Waals surface area (Å²) in [5.41, 5.74) is 4.12. The van der Waals surface area contributed by atoms with Gasteiger partial charge in [-0.3, -0.25) is 9.59 Å². The Labute approximate surface area is 204 Å². The third-order valence-electron chi connectivity index (χ3n) is 5.47. The SMILES string of the molecule is Cc1ccc(C(=O)Nc2ccc(S(=O)(=O)c3ccc(NC(=O)c4ccc(C)cc4)cc3)cc2)cc1. The zero-order valence-corrected chi connectivity index (χ0v) is 20.1. The lowest BCUT2D eigenvalue weighted by Crippen LogP contribution is -2.12. The van der Waals surface area contributed by atoms with Crippen LogP contribution in [-0.2, 0) is 9.84 Å². The molecule has 0 aliphatic carbocycles. The number of amides is 2. The predicted octanol–water partition coefficient (Wildman–Crippen LogP) is 5.64. The molecule has 7 heteroatoms. The fraction of sp³-hybridized carbons (Fsp3) is 0.0714. The van der Waals surface area contributed by atoms with Gasteiger partial charge in [0.15, 0.2) is 0 Å². The van der Waals surface area contributed by atoms with Crippen molar-refractivity contribution in [2.24, 2.45) is 0 Å². The lowest BCUT2D eigenvalue weighted by Gasteiger charge is -2.09. The molecule has 4 aromatic rings. The molecule has 6 nitrogen and oxygen atoms in total. The summed E-state index contributed by atoms with van der Waals surface area (Å²) in [4.78, 5) is 25.0. The van der Waals surface area contributed by atoms with Crippen LogP contribution < -0.4 is 10.6 Å². The van der Waals surface area contributed by atoms with Crippen LogP contribution in [0.3, 0.4) is 0 Å². The van der Waals surface area contributed by atoms with Gasteiger partial charge in [0.05, 0.1) is 9.79 Å². The van der Waals surface area contributed by atoms with Gasteiger partial charge in [0.25, 0.3) is 11.8 Å². The Morgan fingerprint density at radius 3 is 1.14 bits per heavy atom. The molecule has 0 aromatic heterocycles. The number of anilines is 2. The molecular formula is C28H24N2O4S. The number of nitrogens with one attached hydrogen (secondary N) is 2. The van der Waals surface area contributed by atoms with Crippen LogP contribution in [0.4, 0.5) is 11.4 Å². The Bertz CT molecular complexity index is 1350. The number of aryl methyl sites for hydroxylation is 2. The molecule has 0 bridgehead atoms. The fourth-order valence-electron chi connectivity index (χ4n) is 3.39. The molecule has 0 aliphatic rings. The van der Waals surface area contributed by atoms with Gasteiger partial charge in [-0.1, -0.05) is 35.4 Å². The second-order valence-electron chi connectivity index (χ2n) is 8.19. The van der Waals surface area contributed by atoms with Gasteiger partial charge in [0, 0.05) is 22.5 Å². The highest BCUT2D eigenvalue weighted by Crippen LogP contribution is 2.24. The molecule has 2 N–H and O–H groups in total. The van der Waals surface area contributed by atoms with Crippen LogP contribution in [0.15, 0.2) is 107 Å². The summed E-state index contributed by atoms with van der Waals surface area (Å²) in [5.74, 6) is -0.548. The van der Waals surface area contributed by atoms with Crippen molar-refractivity contribution in [3.05, 3.63) is 119 Å². The van der Waals surface area contributed by atoms with Crippen molar-refractivity contribution in [3.63, 3.8) is 0 Å². The van der Waals surface area contributed by atoms with E-state index in [1.807, 2.05) is 38.1 Å². The van der Waals surface area contributed by atoms with E-state index in [1.54, 1.807) is 48.5 Å². The van der Waals surface area contributed by atoms with Crippen molar-refractivity contribution in [1.82, 2.24) is 0 Å². The Kier molecular flexibility index (Phi) is 6.80. The molecule has 0 fully saturated rings. The number of hydrogen-bond acceptors (Lipinski definition) is 4. The molecule has 176 valence electrons. The van der Waals surface area contributed by atoms with Crippen LogP contribution in [0.1, 0.15) is 31.8 Å². The molecule has 0 unspecified atom stereocenters. The fourth-order valence-corrected chi connectivity index (χ4v) is 4.65. The zero-order chi connectivity index (χ0) is 25.0. The normalized spacial score (nSPS) is 11.0. The van der Waals surface area contributed by atoms with Crippen molar-refractivity contribution >= 4 is 33.0 Å². The van der Waals surface area contributed by atoms with Gasteiger partial charge in [-0.2, -0.15) is 0 Å². The smallest absolute Gasteiger partial charge is 0.255 e. The lowest BCUT2D eigenvalue weighted by atomic mass is 10.1. The quantitative estimate of drug-likeness (QED) is 0.370. The molecule has 35 heavy (non-hydrogen) atoms. The maximum Gasteiger partial charge on any atom is 0.255 e. The van der Waals surface area contributed by atoms with Gasteiger partial charge in [-0.15, -0.1) is 0 Å². The monoisotopic (exact) mass is 484 g/mol. The molecule has 4 aromatic carbocycles. The average Bonchev–Trinajstić information content (AvgIpc) is 2.85. The van der Waals surface area contributed by atoms with E-state index in [-0.39, 0.29) is 21.6 Å². The first kappa shape index (κ1) is 23.9. The van der Waals surface area contributed by atoms with Crippen molar-refractivity contribution in [1.29, 1.82) is 0 Å². The molecule has 0 aliphatic heterocycles. The molecule has 4 rings (SSSR count). The summed E-state index contributed by atoms with van der Waals surface area (Å²) in [6, 6.07) is 26.3. The number of hydrogen-bond donors (Lipinski definition) is 2. The Morgan fingerprint density at radius 2 is 0.829 bits per heavy atom. The van der Waals surface area contributed by atoms with Crippen LogP contribution >= 0.6 is 0 Å². The minimum absolute atomic E-state index is 0.0993. The molecule has 0 saturated heterocycles. The van der Waals surface area contributed by atoms with Crippen LogP contribution in [0.5, 0.6) is 0 Å². The number of carbonyl (C=O) groups is 2. The Hall–Kier alpha value is -4.23. The van der Waals surface area contributed by atoms with E-state index < -0.39 is 9.84 Å². The van der Waals surface area contributed by atoms with E-state index in [1.165, 1.54) is 24.3 Å². The van der Waals surface area contributed by atoms with Gasteiger partial charge >= 0.3 is 0 Å². The summed E-state index contributed by atoms with van der Waals surface area (Å²) in [6.07, 6.45) is 0. The molecule has 0 atom stereocenters. The van der Waals surface area contributed by atoms with Crippen LogP contribution in [0.2, 0.25) is 0 Å². The van der Waals surface area contributed by atoms with Crippen molar-refractivity contribution in [2.75, 3.05) is 10.6 Å². The standard InChI is InChI=1S/C28H24N2O4S/c1-19-3-7-21(8-4-19)27(31)29-23-11-15-25(16-12-23)35(33,34)26-17-13-24(14-18-26)30-28(32)22-9-5-20(2)6-10-22/h3-18H,1-2H3,(H,29,31)(H,30,32). The largest absolute Gasteiger partial charge is 0.322 e. The third-order valence-corrected chi connectivity index (χ3v) is 7.26. The Balaban J connectivity index is 1.44. The van der Waals surface area contributed by atoms with Gasteiger partial charge in [-0.05, 0) is 86.6 Å². The van der Waals surface area contributed by atoms with Gasteiger partial charge in [0.2, 0.25) is 9.84 Å². The van der Waals surface area contributed by atoms with E-state index in [0.29, 0.717) is 22.5 Å². The number of carbonyl (C=O) groups excluding carboxylic acids is 2. The number of sulfone groups is 1. The first-order chi connectivity index (χ1) is 16.7. The van der Waals surface area contributed by atoms with E-state index in [0.717, 1.165) is 11.1 Å². The minimum atomic E-state index is -3.77. The number of benzene rings is 4. The summed E-state index contributed by atoms with van der Waals surface area (Å²) in [6.45, 7) is 3.88. The van der Waals surface area contributed by atoms with Crippen molar-refractivity contribution in [3.8, 4) is 0 Å². The third kappa shape index (κ3) is 5.65.